The van der Waals surface area contributed by atoms with Gasteiger partial charge in [0, 0.05) is 6.61 Å². The first-order valence-corrected chi connectivity index (χ1v) is 6.06. The van der Waals surface area contributed by atoms with E-state index in [4.69, 9.17) is 5.11 Å². The molecule has 0 bridgehead atoms. The van der Waals surface area contributed by atoms with E-state index < -0.39 is 0 Å². The molecule has 2 N–H and O–H groups in total. The molecule has 0 amide bonds. The Labute approximate surface area is 87.3 Å². The molecule has 0 unspecified atom stereocenters. The number of hydrogen-bond donors (Lipinski definition) is 2. The van der Waals surface area contributed by atoms with E-state index in [2.05, 4.69) is 0 Å². The molecule has 14 heavy (non-hydrogen) atoms. The monoisotopic (exact) mass is 200 g/mol. The normalized spacial score (nSPS) is 36.6. The molecule has 0 aromatic heterocycles. The summed E-state index contributed by atoms with van der Waals surface area (Å²) >= 11 is 0. The summed E-state index contributed by atoms with van der Waals surface area (Å²) in [6.07, 6.45) is 9.96. The average Bonchev–Trinajstić information content (AvgIpc) is 2.18. The van der Waals surface area contributed by atoms with E-state index >= 15 is 0 Å². The molecule has 0 saturated heterocycles. The molecule has 0 radical (unpaired) electrons. The summed E-state index contributed by atoms with van der Waals surface area (Å²) in [5.41, 5.74) is -0.226. The summed E-state index contributed by atoms with van der Waals surface area (Å²) in [5.74, 6) is 0.657. The van der Waals surface area contributed by atoms with Gasteiger partial charge in [-0.05, 0) is 38.5 Å². The fourth-order valence-electron chi connectivity index (χ4n) is 2.86. The average molecular weight is 200 g/mol. The predicted octanol–water partition coefficient (Wildman–Crippen LogP) is 2.48. The van der Waals surface area contributed by atoms with Gasteiger partial charge in [0.2, 0.25) is 0 Å². The molecule has 0 aromatic rings. The van der Waals surface area contributed by atoms with Crippen molar-refractivity contribution in [1.29, 1.82) is 0 Å². The third-order valence-electron chi connectivity index (χ3n) is 3.58. The van der Waals surface area contributed by atoms with Crippen molar-refractivity contribution >= 4 is 0 Å². The SMILES string of the molecule is CCO.OC12CCCCC1CCCC2. The summed E-state index contributed by atoms with van der Waals surface area (Å²) in [4.78, 5) is 0. The van der Waals surface area contributed by atoms with E-state index in [0.29, 0.717) is 5.92 Å². The molecule has 0 aromatic carbocycles. The quantitative estimate of drug-likeness (QED) is 0.630. The van der Waals surface area contributed by atoms with Crippen LogP contribution in [0.5, 0.6) is 0 Å². The van der Waals surface area contributed by atoms with E-state index in [-0.39, 0.29) is 12.2 Å². The van der Waals surface area contributed by atoms with Crippen molar-refractivity contribution in [2.75, 3.05) is 6.61 Å². The number of aliphatic hydroxyl groups excluding tert-OH is 1. The molecule has 0 spiro atoms. The third kappa shape index (κ3) is 2.96. The Morgan fingerprint density at radius 1 is 1.07 bits per heavy atom. The largest absolute Gasteiger partial charge is 0.397 e. The molecular weight excluding hydrogens is 176 g/mol. The summed E-state index contributed by atoms with van der Waals surface area (Å²) in [5, 5.41) is 17.8. The van der Waals surface area contributed by atoms with Gasteiger partial charge in [-0.3, -0.25) is 0 Å². The summed E-state index contributed by atoms with van der Waals surface area (Å²) in [6, 6.07) is 0. The predicted molar refractivity (Wildman–Crippen MR) is 58.1 cm³/mol. The zero-order chi connectivity index (χ0) is 10.4. The van der Waals surface area contributed by atoms with E-state index in [0.717, 1.165) is 12.8 Å². The van der Waals surface area contributed by atoms with Gasteiger partial charge in [-0.15, -0.1) is 0 Å². The van der Waals surface area contributed by atoms with Gasteiger partial charge in [0.05, 0.1) is 5.60 Å². The second-order valence-electron chi connectivity index (χ2n) is 4.61. The minimum Gasteiger partial charge on any atom is -0.397 e. The van der Waals surface area contributed by atoms with E-state index in [1.165, 1.54) is 38.5 Å². The minimum absolute atomic E-state index is 0.226. The highest BCUT2D eigenvalue weighted by Crippen LogP contribution is 2.43. The first-order valence-electron chi connectivity index (χ1n) is 6.06. The number of hydrogen-bond acceptors (Lipinski definition) is 2. The maximum atomic E-state index is 10.2. The van der Waals surface area contributed by atoms with Gasteiger partial charge in [0.1, 0.15) is 0 Å². The third-order valence-corrected chi connectivity index (χ3v) is 3.58. The van der Waals surface area contributed by atoms with Crippen LogP contribution in [-0.2, 0) is 0 Å². The van der Waals surface area contributed by atoms with Gasteiger partial charge in [0.25, 0.3) is 0 Å². The second kappa shape index (κ2) is 5.72. The van der Waals surface area contributed by atoms with Gasteiger partial charge in [-0.25, -0.2) is 0 Å². The van der Waals surface area contributed by atoms with Crippen LogP contribution < -0.4 is 0 Å². The molecule has 2 heteroatoms. The second-order valence-corrected chi connectivity index (χ2v) is 4.61. The number of aliphatic hydroxyl groups is 2. The van der Waals surface area contributed by atoms with E-state index in [9.17, 15) is 5.11 Å². The molecular formula is C12H24O2. The van der Waals surface area contributed by atoms with Crippen molar-refractivity contribution in [3.05, 3.63) is 0 Å². The Hall–Kier alpha value is -0.0800. The molecule has 0 heterocycles. The fraction of sp³-hybridized carbons (Fsp3) is 1.00. The highest BCUT2D eigenvalue weighted by Gasteiger charge is 2.39. The number of rotatable bonds is 0. The molecule has 2 aliphatic carbocycles. The van der Waals surface area contributed by atoms with Crippen LogP contribution in [0.15, 0.2) is 0 Å². The summed E-state index contributed by atoms with van der Waals surface area (Å²) in [7, 11) is 0. The Morgan fingerprint density at radius 2 is 1.50 bits per heavy atom. The van der Waals surface area contributed by atoms with Crippen LogP contribution in [0.3, 0.4) is 0 Å². The van der Waals surface area contributed by atoms with Crippen molar-refractivity contribution in [1.82, 2.24) is 0 Å². The standard InChI is InChI=1S/C10H18O.C2H6O/c11-10-7-3-1-5-9(10)6-2-4-8-10;1-2-3/h9,11H,1-8H2;3H,2H2,1H3. The Morgan fingerprint density at radius 3 is 1.86 bits per heavy atom. The fourth-order valence-corrected chi connectivity index (χ4v) is 2.86. The molecule has 2 aliphatic rings. The maximum absolute atomic E-state index is 10.2. The Bertz CT molecular complexity index is 144. The van der Waals surface area contributed by atoms with Crippen molar-refractivity contribution in [2.45, 2.75) is 63.9 Å². The van der Waals surface area contributed by atoms with Crippen molar-refractivity contribution in [3.63, 3.8) is 0 Å². The first kappa shape index (κ1) is 12.0. The number of fused-ring (bicyclic) bond motifs is 1. The van der Waals surface area contributed by atoms with Gasteiger partial charge in [0.15, 0.2) is 0 Å². The van der Waals surface area contributed by atoms with Gasteiger partial charge in [-0.1, -0.05) is 25.7 Å². The highest BCUT2D eigenvalue weighted by atomic mass is 16.3. The molecule has 0 atom stereocenters. The molecule has 0 aliphatic heterocycles. The van der Waals surface area contributed by atoms with Crippen LogP contribution in [0.4, 0.5) is 0 Å². The lowest BCUT2D eigenvalue weighted by atomic mass is 9.67. The Kier molecular flexibility index (Phi) is 4.90. The first-order chi connectivity index (χ1) is 6.73. The zero-order valence-corrected chi connectivity index (χ0v) is 9.34. The van der Waals surface area contributed by atoms with Crippen LogP contribution in [0.1, 0.15) is 58.3 Å². The van der Waals surface area contributed by atoms with Crippen LogP contribution in [0, 0.1) is 5.92 Å². The highest BCUT2D eigenvalue weighted by molar-refractivity contribution is 4.92. The Balaban J connectivity index is 0.000000293. The molecule has 2 fully saturated rings. The van der Waals surface area contributed by atoms with E-state index in [1.807, 2.05) is 0 Å². The van der Waals surface area contributed by atoms with Crippen molar-refractivity contribution < 1.29 is 10.2 Å². The van der Waals surface area contributed by atoms with Crippen molar-refractivity contribution in [3.8, 4) is 0 Å². The minimum atomic E-state index is -0.226. The lowest BCUT2D eigenvalue weighted by Crippen LogP contribution is -2.42. The zero-order valence-electron chi connectivity index (χ0n) is 9.34. The topological polar surface area (TPSA) is 40.5 Å². The van der Waals surface area contributed by atoms with Crippen LogP contribution in [0.25, 0.3) is 0 Å². The smallest absolute Gasteiger partial charge is 0.0675 e. The molecule has 2 saturated carbocycles. The summed E-state index contributed by atoms with van der Waals surface area (Å²) in [6.45, 7) is 1.93. The lowest BCUT2D eigenvalue weighted by Gasteiger charge is -2.43. The summed E-state index contributed by atoms with van der Waals surface area (Å²) < 4.78 is 0. The van der Waals surface area contributed by atoms with Gasteiger partial charge >= 0.3 is 0 Å². The van der Waals surface area contributed by atoms with Crippen LogP contribution in [0.2, 0.25) is 0 Å². The van der Waals surface area contributed by atoms with Crippen molar-refractivity contribution in [2.24, 2.45) is 5.92 Å². The lowest BCUT2D eigenvalue weighted by molar-refractivity contribution is -0.0745. The van der Waals surface area contributed by atoms with Gasteiger partial charge < -0.3 is 10.2 Å². The van der Waals surface area contributed by atoms with E-state index in [1.54, 1.807) is 6.92 Å². The van der Waals surface area contributed by atoms with Crippen LogP contribution >= 0.6 is 0 Å². The van der Waals surface area contributed by atoms with Crippen LogP contribution in [-0.4, -0.2) is 22.4 Å². The molecule has 2 nitrogen and oxygen atoms in total. The molecule has 84 valence electrons. The van der Waals surface area contributed by atoms with Gasteiger partial charge in [-0.2, -0.15) is 0 Å². The maximum Gasteiger partial charge on any atom is 0.0675 e. The molecule has 2 rings (SSSR count).